The summed E-state index contributed by atoms with van der Waals surface area (Å²) in [5.74, 6) is -0.286. The largest absolute Gasteiger partial charge is 0.354 e. The molecular weight excluding hydrogens is 175 g/mol. The van der Waals surface area contributed by atoms with Crippen LogP contribution in [0.25, 0.3) is 0 Å². The van der Waals surface area contributed by atoms with Gasteiger partial charge >= 0.3 is 0 Å². The molecule has 0 aromatic carbocycles. The molecule has 1 heterocycles. The SMILES string of the molecule is [B]C(=O)N[C@H]1C[C@H](CS)NC1=O. The summed E-state index contributed by atoms with van der Waals surface area (Å²) >= 11 is 4.03. The molecule has 1 fully saturated rings. The van der Waals surface area contributed by atoms with Gasteiger partial charge in [-0.3, -0.25) is 9.59 Å². The lowest BCUT2D eigenvalue weighted by Crippen LogP contribution is -2.39. The summed E-state index contributed by atoms with van der Waals surface area (Å²) in [6.07, 6.45) is 0.561. The first kappa shape index (κ1) is 9.44. The van der Waals surface area contributed by atoms with Crippen molar-refractivity contribution < 1.29 is 9.59 Å². The van der Waals surface area contributed by atoms with Crippen LogP contribution in [0.15, 0.2) is 0 Å². The molecule has 4 nitrogen and oxygen atoms in total. The zero-order valence-electron chi connectivity index (χ0n) is 6.41. The van der Waals surface area contributed by atoms with Crippen molar-refractivity contribution in [3.63, 3.8) is 0 Å². The molecule has 0 unspecified atom stereocenters. The number of rotatable bonds is 2. The average Bonchev–Trinajstić information content (AvgIpc) is 2.31. The van der Waals surface area contributed by atoms with Gasteiger partial charge in [0.1, 0.15) is 6.04 Å². The topological polar surface area (TPSA) is 58.2 Å². The molecule has 0 aromatic heterocycles. The highest BCUT2D eigenvalue weighted by atomic mass is 32.1. The van der Waals surface area contributed by atoms with Gasteiger partial charge in [0.05, 0.1) is 0 Å². The van der Waals surface area contributed by atoms with Gasteiger partial charge in [0.15, 0.2) is 5.81 Å². The fourth-order valence-electron chi connectivity index (χ4n) is 1.17. The number of amides is 2. The van der Waals surface area contributed by atoms with Crippen LogP contribution in [-0.4, -0.2) is 37.4 Å². The molecule has 1 rings (SSSR count). The quantitative estimate of drug-likeness (QED) is 0.383. The molecule has 6 heteroatoms. The Morgan fingerprint density at radius 3 is 2.92 bits per heavy atom. The molecule has 1 aliphatic heterocycles. The third-order valence-corrected chi connectivity index (χ3v) is 2.16. The molecule has 2 amide bonds. The standard InChI is InChI=1S/C6H9BN2O2S/c7-6(11)9-4-1-3(2-12)8-5(4)10/h3-4,12H,1-2H2,(H,8,10)(H,9,11)/t3-,4+/m1/s1. The predicted molar refractivity (Wildman–Crippen MR) is 48.5 cm³/mol. The fraction of sp³-hybridized carbons (Fsp3) is 0.667. The van der Waals surface area contributed by atoms with Crippen LogP contribution in [0.2, 0.25) is 0 Å². The molecule has 1 aliphatic rings. The van der Waals surface area contributed by atoms with Crippen molar-refractivity contribution in [3.05, 3.63) is 0 Å². The number of hydrogen-bond acceptors (Lipinski definition) is 3. The van der Waals surface area contributed by atoms with E-state index in [4.69, 9.17) is 7.85 Å². The van der Waals surface area contributed by atoms with Crippen LogP contribution >= 0.6 is 12.6 Å². The Morgan fingerprint density at radius 2 is 2.50 bits per heavy atom. The van der Waals surface area contributed by atoms with Gasteiger partial charge in [-0.25, -0.2) is 0 Å². The monoisotopic (exact) mass is 184 g/mol. The Bertz CT molecular complexity index is 212. The van der Waals surface area contributed by atoms with Crippen molar-refractivity contribution in [1.29, 1.82) is 0 Å². The maximum Gasteiger partial charge on any atom is 0.242 e. The lowest BCUT2D eigenvalue weighted by Gasteiger charge is -2.06. The Kier molecular flexibility index (Phi) is 3.02. The zero-order chi connectivity index (χ0) is 9.14. The lowest BCUT2D eigenvalue weighted by molar-refractivity contribution is -0.120. The summed E-state index contributed by atoms with van der Waals surface area (Å²) in [6.45, 7) is 0. The predicted octanol–water partition coefficient (Wildman–Crippen LogP) is -0.949. The smallest absolute Gasteiger partial charge is 0.242 e. The second kappa shape index (κ2) is 3.84. The number of thiol groups is 1. The minimum atomic E-state index is -0.671. The van der Waals surface area contributed by atoms with Crippen LogP contribution in [0.4, 0.5) is 4.79 Å². The maximum absolute atomic E-state index is 11.1. The number of nitrogens with one attached hydrogen (secondary N) is 2. The van der Waals surface area contributed by atoms with Gasteiger partial charge in [-0.15, -0.1) is 0 Å². The van der Waals surface area contributed by atoms with Crippen LogP contribution in [0.3, 0.4) is 0 Å². The summed E-state index contributed by atoms with van der Waals surface area (Å²) in [4.78, 5) is 21.5. The highest BCUT2D eigenvalue weighted by Crippen LogP contribution is 2.08. The van der Waals surface area contributed by atoms with E-state index in [1.165, 1.54) is 0 Å². The van der Waals surface area contributed by atoms with Gasteiger partial charge in [-0.05, 0) is 6.42 Å². The van der Waals surface area contributed by atoms with Crippen LogP contribution in [0.5, 0.6) is 0 Å². The summed E-state index contributed by atoms with van der Waals surface area (Å²) < 4.78 is 0. The van der Waals surface area contributed by atoms with Crippen molar-refractivity contribution in [1.82, 2.24) is 10.6 Å². The van der Waals surface area contributed by atoms with Gasteiger partial charge in [0.25, 0.3) is 0 Å². The van der Waals surface area contributed by atoms with Crippen molar-refractivity contribution >= 4 is 32.2 Å². The molecule has 64 valence electrons. The van der Waals surface area contributed by atoms with Crippen LogP contribution in [0, 0.1) is 0 Å². The minimum Gasteiger partial charge on any atom is -0.354 e. The van der Waals surface area contributed by atoms with E-state index in [0.717, 1.165) is 0 Å². The maximum atomic E-state index is 11.1. The normalized spacial score (nSPS) is 28.2. The molecule has 0 spiro atoms. The Balaban J connectivity index is 2.46. The Morgan fingerprint density at radius 1 is 1.83 bits per heavy atom. The van der Waals surface area contributed by atoms with E-state index >= 15 is 0 Å². The first-order valence-electron chi connectivity index (χ1n) is 3.60. The second-order valence-electron chi connectivity index (χ2n) is 2.68. The fourth-order valence-corrected chi connectivity index (χ4v) is 1.41. The van der Waals surface area contributed by atoms with E-state index in [2.05, 4.69) is 23.3 Å². The Hall–Kier alpha value is -0.645. The van der Waals surface area contributed by atoms with Gasteiger partial charge in [-0.2, -0.15) is 12.6 Å². The third-order valence-electron chi connectivity index (χ3n) is 1.72. The lowest BCUT2D eigenvalue weighted by atomic mass is 10.1. The molecule has 0 aromatic rings. The molecule has 1 saturated heterocycles. The number of hydrogen-bond donors (Lipinski definition) is 3. The first-order chi connectivity index (χ1) is 5.63. The summed E-state index contributed by atoms with van der Waals surface area (Å²) in [5.41, 5.74) is 0. The van der Waals surface area contributed by atoms with E-state index in [1.807, 2.05) is 0 Å². The summed E-state index contributed by atoms with van der Waals surface area (Å²) in [5, 5.41) is 5.02. The number of carbonyl (C=O) groups is 2. The molecule has 0 aliphatic carbocycles. The van der Waals surface area contributed by atoms with Gasteiger partial charge in [-0.1, -0.05) is 0 Å². The second-order valence-corrected chi connectivity index (χ2v) is 3.05. The molecule has 2 radical (unpaired) electrons. The van der Waals surface area contributed by atoms with E-state index in [1.54, 1.807) is 0 Å². The van der Waals surface area contributed by atoms with Gasteiger partial charge in [0, 0.05) is 11.8 Å². The van der Waals surface area contributed by atoms with E-state index in [0.29, 0.717) is 12.2 Å². The van der Waals surface area contributed by atoms with Gasteiger partial charge in [0.2, 0.25) is 13.8 Å². The zero-order valence-corrected chi connectivity index (χ0v) is 7.30. The highest BCUT2D eigenvalue weighted by Gasteiger charge is 2.31. The van der Waals surface area contributed by atoms with Crippen molar-refractivity contribution in [2.75, 3.05) is 5.75 Å². The Labute approximate surface area is 77.3 Å². The molecule has 12 heavy (non-hydrogen) atoms. The molecular formula is C6H9BN2O2S. The first-order valence-corrected chi connectivity index (χ1v) is 4.24. The van der Waals surface area contributed by atoms with Crippen LogP contribution in [-0.2, 0) is 4.79 Å². The third kappa shape index (κ3) is 2.17. The van der Waals surface area contributed by atoms with Crippen LogP contribution < -0.4 is 10.6 Å². The van der Waals surface area contributed by atoms with E-state index in [9.17, 15) is 9.59 Å². The minimum absolute atomic E-state index is 0.0395. The number of carbonyl (C=O) groups excluding carboxylic acids is 2. The average molecular weight is 184 g/mol. The highest BCUT2D eigenvalue weighted by molar-refractivity contribution is 7.80. The summed E-state index contributed by atoms with van der Waals surface area (Å²) in [7, 11) is 4.87. The molecule has 2 atom stereocenters. The van der Waals surface area contributed by atoms with Crippen molar-refractivity contribution in [2.45, 2.75) is 18.5 Å². The summed E-state index contributed by atoms with van der Waals surface area (Å²) in [6, 6.07) is -0.447. The van der Waals surface area contributed by atoms with Crippen molar-refractivity contribution in [2.24, 2.45) is 0 Å². The molecule has 0 saturated carbocycles. The molecule has 2 N–H and O–H groups in total. The van der Waals surface area contributed by atoms with E-state index in [-0.39, 0.29) is 11.9 Å². The molecule has 0 bridgehead atoms. The van der Waals surface area contributed by atoms with E-state index < -0.39 is 11.8 Å². The van der Waals surface area contributed by atoms with Crippen LogP contribution in [0.1, 0.15) is 6.42 Å². The van der Waals surface area contributed by atoms with Gasteiger partial charge < -0.3 is 10.6 Å². The van der Waals surface area contributed by atoms with Crippen molar-refractivity contribution in [3.8, 4) is 0 Å².